The molecule has 3 rings (SSSR count). The fourth-order valence-electron chi connectivity index (χ4n) is 2.24. The summed E-state index contributed by atoms with van der Waals surface area (Å²) in [5.41, 5.74) is 3.57. The number of aldehydes is 1. The van der Waals surface area contributed by atoms with Gasteiger partial charge in [0.1, 0.15) is 5.75 Å². The van der Waals surface area contributed by atoms with E-state index in [1.54, 1.807) is 12.1 Å². The number of carbonyl (C=O) groups excluding carboxylic acids is 1. The van der Waals surface area contributed by atoms with Crippen LogP contribution in [0.4, 0.5) is 0 Å². The van der Waals surface area contributed by atoms with Gasteiger partial charge in [0.05, 0.1) is 23.0 Å². The van der Waals surface area contributed by atoms with Crippen LogP contribution in [0.3, 0.4) is 0 Å². The van der Waals surface area contributed by atoms with Crippen LogP contribution in [0.1, 0.15) is 16.1 Å². The molecule has 0 aliphatic heterocycles. The van der Waals surface area contributed by atoms with Crippen molar-refractivity contribution >= 4 is 17.2 Å². The van der Waals surface area contributed by atoms with Gasteiger partial charge in [-0.05, 0) is 13.0 Å². The van der Waals surface area contributed by atoms with Crippen molar-refractivity contribution in [1.29, 1.82) is 0 Å². The highest BCUT2D eigenvalue weighted by Gasteiger charge is 2.16. The fourth-order valence-corrected chi connectivity index (χ4v) is 2.24. The third-order valence-corrected chi connectivity index (χ3v) is 3.04. The molecular formula is C13H11N3O2. The molecule has 0 amide bonds. The predicted molar refractivity (Wildman–Crippen MR) is 67.7 cm³/mol. The van der Waals surface area contributed by atoms with Gasteiger partial charge >= 0.3 is 0 Å². The second kappa shape index (κ2) is 3.73. The van der Waals surface area contributed by atoms with Crippen molar-refractivity contribution in [2.45, 2.75) is 6.92 Å². The molecule has 0 spiro atoms. The van der Waals surface area contributed by atoms with Crippen LogP contribution in [0.5, 0.6) is 5.75 Å². The fraction of sp³-hybridized carbons (Fsp3) is 0.0769. The van der Waals surface area contributed by atoms with Crippen LogP contribution in [0.2, 0.25) is 0 Å². The number of aryl methyl sites for hydroxylation is 1. The molecule has 0 radical (unpaired) electrons. The molecule has 2 heterocycles. The van der Waals surface area contributed by atoms with Gasteiger partial charge in [-0.3, -0.25) is 9.89 Å². The third-order valence-electron chi connectivity index (χ3n) is 3.04. The van der Waals surface area contributed by atoms with Crippen LogP contribution in [-0.2, 0) is 0 Å². The summed E-state index contributed by atoms with van der Waals surface area (Å²) in [5.74, 6) is 0.189. The van der Waals surface area contributed by atoms with E-state index in [4.69, 9.17) is 0 Å². The lowest BCUT2D eigenvalue weighted by Gasteiger charge is -1.99. The maximum Gasteiger partial charge on any atom is 0.153 e. The molecule has 0 unspecified atom stereocenters. The Hall–Kier alpha value is -2.56. The molecule has 1 aromatic carbocycles. The van der Waals surface area contributed by atoms with E-state index in [1.807, 2.05) is 13.0 Å². The van der Waals surface area contributed by atoms with Gasteiger partial charge in [0.2, 0.25) is 0 Å². The number of benzene rings is 1. The van der Waals surface area contributed by atoms with Crippen molar-refractivity contribution in [2.24, 2.45) is 0 Å². The van der Waals surface area contributed by atoms with Crippen molar-refractivity contribution in [1.82, 2.24) is 15.2 Å². The van der Waals surface area contributed by atoms with Gasteiger partial charge in [0.25, 0.3) is 0 Å². The summed E-state index contributed by atoms with van der Waals surface area (Å²) in [4.78, 5) is 14.1. The zero-order valence-corrected chi connectivity index (χ0v) is 9.69. The number of fused-ring (bicyclic) bond motifs is 1. The molecule has 2 aromatic heterocycles. The normalized spacial score (nSPS) is 10.9. The number of aromatic amines is 2. The molecule has 0 aliphatic carbocycles. The standard InChI is InChI=1S/C13H11N3O2/c1-7-11(12-8(6-17)5-14-16-12)9-3-2-4-10(18)13(9)15-7/h2-6,15,18H,1H3,(H,14,16). The summed E-state index contributed by atoms with van der Waals surface area (Å²) >= 11 is 0. The SMILES string of the molecule is Cc1[nH]c2c(O)cccc2c1-c1[nH]ncc1C=O. The van der Waals surface area contributed by atoms with Crippen LogP contribution in [-0.4, -0.2) is 26.6 Å². The van der Waals surface area contributed by atoms with E-state index in [2.05, 4.69) is 15.2 Å². The lowest BCUT2D eigenvalue weighted by Crippen LogP contribution is -1.85. The molecule has 18 heavy (non-hydrogen) atoms. The maximum atomic E-state index is 11.0. The lowest BCUT2D eigenvalue weighted by atomic mass is 10.0. The number of aromatic hydroxyl groups is 1. The molecule has 5 nitrogen and oxygen atoms in total. The Morgan fingerprint density at radius 1 is 1.39 bits per heavy atom. The summed E-state index contributed by atoms with van der Waals surface area (Å²) in [6, 6.07) is 5.28. The quantitative estimate of drug-likeness (QED) is 0.602. The number of para-hydroxylation sites is 1. The van der Waals surface area contributed by atoms with Crippen molar-refractivity contribution in [3.8, 4) is 17.0 Å². The summed E-state index contributed by atoms with van der Waals surface area (Å²) < 4.78 is 0. The zero-order chi connectivity index (χ0) is 12.7. The average Bonchev–Trinajstić information content (AvgIpc) is 2.93. The van der Waals surface area contributed by atoms with Crippen LogP contribution in [0, 0.1) is 6.92 Å². The Balaban J connectivity index is 2.39. The first-order valence-electron chi connectivity index (χ1n) is 5.51. The van der Waals surface area contributed by atoms with E-state index >= 15 is 0 Å². The van der Waals surface area contributed by atoms with Gasteiger partial charge in [0.15, 0.2) is 6.29 Å². The molecule has 0 fully saturated rings. The van der Waals surface area contributed by atoms with Gasteiger partial charge in [-0.15, -0.1) is 0 Å². The molecule has 3 aromatic rings. The Kier molecular flexibility index (Phi) is 2.19. The Morgan fingerprint density at radius 2 is 2.22 bits per heavy atom. The first-order valence-corrected chi connectivity index (χ1v) is 5.51. The second-order valence-corrected chi connectivity index (χ2v) is 4.14. The molecule has 0 saturated carbocycles. The summed E-state index contributed by atoms with van der Waals surface area (Å²) in [5, 5.41) is 17.4. The van der Waals surface area contributed by atoms with Crippen LogP contribution >= 0.6 is 0 Å². The first-order chi connectivity index (χ1) is 8.72. The number of H-pyrrole nitrogens is 2. The minimum absolute atomic E-state index is 0.189. The number of nitrogens with zero attached hydrogens (tertiary/aromatic N) is 1. The van der Waals surface area contributed by atoms with Crippen molar-refractivity contribution in [3.05, 3.63) is 35.7 Å². The Morgan fingerprint density at radius 3 is 3.00 bits per heavy atom. The Bertz CT molecular complexity index is 740. The number of hydrogen-bond acceptors (Lipinski definition) is 3. The van der Waals surface area contributed by atoms with E-state index < -0.39 is 0 Å². The second-order valence-electron chi connectivity index (χ2n) is 4.14. The van der Waals surface area contributed by atoms with E-state index in [9.17, 15) is 9.90 Å². The molecule has 5 heteroatoms. The van der Waals surface area contributed by atoms with E-state index in [-0.39, 0.29) is 5.75 Å². The van der Waals surface area contributed by atoms with Gasteiger partial charge < -0.3 is 10.1 Å². The topological polar surface area (TPSA) is 81.8 Å². The molecule has 0 aliphatic rings. The van der Waals surface area contributed by atoms with E-state index in [0.717, 1.165) is 22.9 Å². The number of aromatic nitrogens is 3. The summed E-state index contributed by atoms with van der Waals surface area (Å²) in [7, 11) is 0. The number of carbonyl (C=O) groups is 1. The van der Waals surface area contributed by atoms with E-state index in [1.165, 1.54) is 6.20 Å². The molecule has 3 N–H and O–H groups in total. The third kappa shape index (κ3) is 1.34. The molecule has 90 valence electrons. The van der Waals surface area contributed by atoms with Crippen molar-refractivity contribution in [3.63, 3.8) is 0 Å². The van der Waals surface area contributed by atoms with Gasteiger partial charge in [-0.1, -0.05) is 12.1 Å². The monoisotopic (exact) mass is 241 g/mol. The highest BCUT2D eigenvalue weighted by atomic mass is 16.3. The number of phenolic OH excluding ortho intramolecular Hbond substituents is 1. The highest BCUT2D eigenvalue weighted by Crippen LogP contribution is 2.35. The number of phenols is 1. The zero-order valence-electron chi connectivity index (χ0n) is 9.69. The van der Waals surface area contributed by atoms with E-state index in [0.29, 0.717) is 16.8 Å². The van der Waals surface area contributed by atoms with Crippen LogP contribution in [0.15, 0.2) is 24.4 Å². The number of hydrogen-bond donors (Lipinski definition) is 3. The van der Waals surface area contributed by atoms with Crippen molar-refractivity contribution < 1.29 is 9.90 Å². The highest BCUT2D eigenvalue weighted by molar-refractivity contribution is 6.02. The summed E-state index contributed by atoms with van der Waals surface area (Å²) in [6.45, 7) is 1.89. The average molecular weight is 241 g/mol. The van der Waals surface area contributed by atoms with Gasteiger partial charge in [-0.2, -0.15) is 5.10 Å². The molecular weight excluding hydrogens is 230 g/mol. The van der Waals surface area contributed by atoms with Gasteiger partial charge in [-0.25, -0.2) is 0 Å². The number of nitrogens with one attached hydrogen (secondary N) is 2. The van der Waals surface area contributed by atoms with Gasteiger partial charge in [0, 0.05) is 16.6 Å². The minimum Gasteiger partial charge on any atom is -0.506 e. The molecule has 0 bridgehead atoms. The molecule has 0 atom stereocenters. The Labute approximate surface area is 102 Å². The summed E-state index contributed by atoms with van der Waals surface area (Å²) in [6.07, 6.45) is 2.25. The van der Waals surface area contributed by atoms with Crippen molar-refractivity contribution in [2.75, 3.05) is 0 Å². The number of rotatable bonds is 2. The molecule has 0 saturated heterocycles. The predicted octanol–water partition coefficient (Wildman–Crippen LogP) is 2.38. The smallest absolute Gasteiger partial charge is 0.153 e. The maximum absolute atomic E-state index is 11.0. The largest absolute Gasteiger partial charge is 0.506 e. The van der Waals surface area contributed by atoms with Crippen LogP contribution in [0.25, 0.3) is 22.2 Å². The first kappa shape index (κ1) is 10.6. The lowest BCUT2D eigenvalue weighted by molar-refractivity contribution is 0.112. The van der Waals surface area contributed by atoms with Crippen LogP contribution < -0.4 is 0 Å². The minimum atomic E-state index is 0.189.